The molecule has 3 fully saturated rings. The first-order valence-electron chi connectivity index (χ1n) is 22.3. The van der Waals surface area contributed by atoms with E-state index in [9.17, 15) is 28.8 Å². The number of carbonyl (C=O) groups is 6. The Morgan fingerprint density at radius 1 is 0.651 bits per heavy atom. The molecule has 0 bridgehead atoms. The van der Waals surface area contributed by atoms with Crippen LogP contribution in [0.1, 0.15) is 76.8 Å². The van der Waals surface area contributed by atoms with Crippen molar-refractivity contribution < 1.29 is 28.8 Å². The highest BCUT2D eigenvalue weighted by molar-refractivity contribution is 6.30. The van der Waals surface area contributed by atoms with Gasteiger partial charge in [0.1, 0.15) is 12.1 Å². The highest BCUT2D eigenvalue weighted by atomic mass is 16.2. The maximum Gasteiger partial charge on any atom is 0.259 e. The molecule has 6 heterocycles. The number of anilines is 5. The van der Waals surface area contributed by atoms with Gasteiger partial charge < -0.3 is 14.7 Å². The zero-order valence-electron chi connectivity index (χ0n) is 35.5. The molecule has 320 valence electrons. The average Bonchev–Trinajstić information content (AvgIpc) is 3.72. The molecule has 0 aromatic heterocycles. The first-order chi connectivity index (χ1) is 30.5. The van der Waals surface area contributed by atoms with Crippen LogP contribution in [0.5, 0.6) is 0 Å². The van der Waals surface area contributed by atoms with Crippen molar-refractivity contribution >= 4 is 85.4 Å². The van der Waals surface area contributed by atoms with Crippen molar-refractivity contribution in [2.75, 3.05) is 53.3 Å². The van der Waals surface area contributed by atoms with Crippen LogP contribution in [-0.2, 0) is 32.0 Å². The third-order valence-electron chi connectivity index (χ3n) is 14.5. The number of likely N-dealkylation sites (N-methyl/N-ethyl adjacent to an activating group) is 2. The van der Waals surface area contributed by atoms with Crippen molar-refractivity contribution in [2.45, 2.75) is 75.9 Å². The van der Waals surface area contributed by atoms with Gasteiger partial charge in [0.05, 0.1) is 22.5 Å². The van der Waals surface area contributed by atoms with Crippen molar-refractivity contribution in [3.63, 3.8) is 0 Å². The van der Waals surface area contributed by atoms with Crippen LogP contribution in [-0.4, -0.2) is 92.2 Å². The summed E-state index contributed by atoms with van der Waals surface area (Å²) < 4.78 is 0. The van der Waals surface area contributed by atoms with Crippen LogP contribution in [0.2, 0.25) is 0 Å². The summed E-state index contributed by atoms with van der Waals surface area (Å²) in [7, 11) is 4.34. The summed E-state index contributed by atoms with van der Waals surface area (Å²) in [4.78, 5) is 87.5. The smallest absolute Gasteiger partial charge is 0.259 e. The minimum atomic E-state index is -0.721. The lowest BCUT2D eigenvalue weighted by atomic mass is 9.85. The number of carbonyl (C=O) groups excluding carboxylic acids is 6. The van der Waals surface area contributed by atoms with Gasteiger partial charge in [-0.2, -0.15) is 0 Å². The number of rotatable bonds is 8. The van der Waals surface area contributed by atoms with Crippen LogP contribution in [0.3, 0.4) is 0 Å². The summed E-state index contributed by atoms with van der Waals surface area (Å²) in [5.74, 6) is -1.34. The molecule has 0 spiro atoms. The summed E-state index contributed by atoms with van der Waals surface area (Å²) in [6, 6.07) is 25.6. The number of hydrogen-bond donors (Lipinski definition) is 2. The van der Waals surface area contributed by atoms with Gasteiger partial charge in [-0.25, -0.2) is 0 Å². The molecule has 11 rings (SSSR count). The molecule has 5 aromatic carbocycles. The Labute approximate surface area is 365 Å². The van der Waals surface area contributed by atoms with Crippen LogP contribution >= 0.6 is 0 Å². The molecule has 6 aliphatic rings. The third kappa shape index (κ3) is 6.38. The van der Waals surface area contributed by atoms with Crippen molar-refractivity contribution in [1.29, 1.82) is 0 Å². The lowest BCUT2D eigenvalue weighted by Crippen LogP contribution is -2.53. The van der Waals surface area contributed by atoms with Crippen LogP contribution in [0.4, 0.5) is 28.4 Å². The SMILES string of the molecule is CN(CC1CC(Cc2ccc3c(c2)CCCN3c2ccc3c4c(cccc24)N(C2CCC(=O)NC2=O)C3=O)CCN1C)c1ccc2c3c(cccc13)N(C1CCC(=O)NC1=O)C2=O. The quantitative estimate of drug-likeness (QED) is 0.180. The van der Waals surface area contributed by atoms with E-state index in [0.29, 0.717) is 35.9 Å². The first-order valence-corrected chi connectivity index (χ1v) is 22.3. The molecular weight excluding hydrogens is 795 g/mol. The topological polar surface area (TPSA) is 143 Å². The number of nitrogens with zero attached hydrogens (tertiary/aromatic N) is 5. The maximum absolute atomic E-state index is 13.8. The van der Waals surface area contributed by atoms with Crippen molar-refractivity contribution in [3.8, 4) is 0 Å². The molecule has 4 unspecified atom stereocenters. The van der Waals surface area contributed by atoms with Crippen molar-refractivity contribution in [1.82, 2.24) is 15.5 Å². The van der Waals surface area contributed by atoms with Crippen molar-refractivity contribution in [3.05, 3.63) is 101 Å². The van der Waals surface area contributed by atoms with E-state index >= 15 is 0 Å². The van der Waals surface area contributed by atoms with Gasteiger partial charge >= 0.3 is 0 Å². The van der Waals surface area contributed by atoms with E-state index in [2.05, 4.69) is 69.8 Å². The van der Waals surface area contributed by atoms with Gasteiger partial charge in [-0.15, -0.1) is 0 Å². The molecule has 13 nitrogen and oxygen atoms in total. The summed E-state index contributed by atoms with van der Waals surface area (Å²) in [5, 5.41) is 8.51. The number of benzene rings is 5. The summed E-state index contributed by atoms with van der Waals surface area (Å²) in [5.41, 5.74) is 8.57. The van der Waals surface area contributed by atoms with Gasteiger partial charge in [-0.1, -0.05) is 36.4 Å². The van der Waals surface area contributed by atoms with Crippen LogP contribution in [0, 0.1) is 5.92 Å². The third-order valence-corrected chi connectivity index (χ3v) is 14.5. The lowest BCUT2D eigenvalue weighted by Gasteiger charge is -2.40. The number of nitrogens with one attached hydrogen (secondary N) is 2. The van der Waals surface area contributed by atoms with Gasteiger partial charge in [0.15, 0.2) is 0 Å². The second kappa shape index (κ2) is 15.0. The number of piperidine rings is 3. The van der Waals surface area contributed by atoms with Crippen molar-refractivity contribution in [2.24, 2.45) is 5.92 Å². The average molecular weight is 844 g/mol. The summed E-state index contributed by atoms with van der Waals surface area (Å²) >= 11 is 0. The van der Waals surface area contributed by atoms with Gasteiger partial charge in [0.2, 0.25) is 23.6 Å². The highest BCUT2D eigenvalue weighted by Crippen LogP contribution is 2.47. The molecule has 0 saturated carbocycles. The summed E-state index contributed by atoms with van der Waals surface area (Å²) in [6.07, 6.45) is 6.19. The molecule has 3 saturated heterocycles. The molecule has 0 radical (unpaired) electrons. The first kappa shape index (κ1) is 39.3. The molecule has 13 heteroatoms. The molecule has 6 aliphatic heterocycles. The fourth-order valence-electron chi connectivity index (χ4n) is 11.5. The van der Waals surface area contributed by atoms with E-state index in [1.165, 1.54) is 16.8 Å². The number of aryl methyl sites for hydroxylation is 1. The molecule has 0 aliphatic carbocycles. The molecule has 5 aromatic rings. The number of likely N-dealkylation sites (tertiary alicyclic amines) is 1. The van der Waals surface area contributed by atoms with E-state index in [0.717, 1.165) is 96.0 Å². The van der Waals surface area contributed by atoms with Crippen LogP contribution in [0.15, 0.2) is 78.9 Å². The standard InChI is InChI=1S/C50H49N7O6/c1-53-23-21-29(26-31(53)27-54(2)37-15-12-34-45-32(37)7-3-9-39(45)56(49(34)62)41-17-19-43(58)51-47(41)60)24-28-11-14-36-30(25-28)6-5-22-55(36)38-16-13-35-46-33(38)8-4-10-40(46)57(50(35)63)42-18-20-44(59)52-48(42)61/h3-4,7-16,25,29,31,41-42H,5-6,17-24,26-27H2,1-2H3,(H,51,58,60)(H,52,59,61). The summed E-state index contributed by atoms with van der Waals surface area (Å²) in [6.45, 7) is 2.68. The Balaban J connectivity index is 0.806. The van der Waals surface area contributed by atoms with Gasteiger partial charge in [-0.3, -0.25) is 49.2 Å². The van der Waals surface area contributed by atoms with Crippen LogP contribution in [0.25, 0.3) is 21.5 Å². The van der Waals surface area contributed by atoms with E-state index in [1.807, 2.05) is 48.5 Å². The Morgan fingerprint density at radius 3 is 1.94 bits per heavy atom. The number of amides is 6. The second-order valence-electron chi connectivity index (χ2n) is 18.3. The Kier molecular flexibility index (Phi) is 9.37. The predicted octanol–water partition coefficient (Wildman–Crippen LogP) is 6.00. The fourth-order valence-corrected chi connectivity index (χ4v) is 11.5. The number of hydrogen-bond acceptors (Lipinski definition) is 9. The number of imide groups is 2. The largest absolute Gasteiger partial charge is 0.373 e. The maximum atomic E-state index is 13.8. The van der Waals surface area contributed by atoms with E-state index < -0.39 is 23.9 Å². The van der Waals surface area contributed by atoms with E-state index in [-0.39, 0.29) is 36.5 Å². The molecule has 63 heavy (non-hydrogen) atoms. The molecule has 6 amide bonds. The van der Waals surface area contributed by atoms with E-state index in [1.54, 1.807) is 9.80 Å². The predicted molar refractivity (Wildman–Crippen MR) is 242 cm³/mol. The minimum absolute atomic E-state index is 0.200. The zero-order valence-corrected chi connectivity index (χ0v) is 35.5. The Hall–Kier alpha value is -6.60. The molecular formula is C50H49N7O6. The minimum Gasteiger partial charge on any atom is -0.373 e. The normalized spacial score (nSPS) is 23.5. The monoisotopic (exact) mass is 843 g/mol. The molecule has 2 N–H and O–H groups in total. The highest BCUT2D eigenvalue weighted by Gasteiger charge is 2.43. The van der Waals surface area contributed by atoms with Gasteiger partial charge in [-0.05, 0) is 118 Å². The Morgan fingerprint density at radius 2 is 1.27 bits per heavy atom. The molecule has 4 atom stereocenters. The fraction of sp³-hybridized carbons (Fsp3) is 0.360. The second-order valence-corrected chi connectivity index (χ2v) is 18.3. The van der Waals surface area contributed by atoms with E-state index in [4.69, 9.17) is 0 Å². The van der Waals surface area contributed by atoms with Gasteiger partial charge in [0.25, 0.3) is 11.8 Å². The van der Waals surface area contributed by atoms with Crippen LogP contribution < -0.4 is 30.2 Å². The zero-order chi connectivity index (χ0) is 43.3. The Bertz CT molecular complexity index is 2840. The number of fused-ring (bicyclic) bond motifs is 1. The van der Waals surface area contributed by atoms with Gasteiger partial charge in [0, 0.05) is 77.6 Å². The lowest BCUT2D eigenvalue weighted by molar-refractivity contribution is -0.135.